The molecule has 0 aromatic heterocycles. The molecule has 0 radical (unpaired) electrons. The fourth-order valence-corrected chi connectivity index (χ4v) is 8.69. The Morgan fingerprint density at radius 2 is 0.948 bits per heavy atom. The molecule has 9 aromatic rings. The van der Waals surface area contributed by atoms with Crippen LogP contribution in [0.1, 0.15) is 17.5 Å². The van der Waals surface area contributed by atoms with Gasteiger partial charge in [-0.05, 0) is 146 Å². The highest BCUT2D eigenvalue weighted by molar-refractivity contribution is 6.25. The quantitative estimate of drug-likeness (QED) is 0.157. The Labute approximate surface area is 339 Å². The fraction of sp³-hybridized carbons (Fsp3) is 0.0545. The average molecular weight is 747 g/mol. The Balaban J connectivity index is 0.948. The molecule has 1 unspecified atom stereocenters. The number of hydrogen-bond acceptors (Lipinski definition) is 3. The van der Waals surface area contributed by atoms with Gasteiger partial charge in [-0.25, -0.2) is 0 Å². The van der Waals surface area contributed by atoms with Crippen LogP contribution in [0, 0.1) is 6.92 Å². The third-order valence-electron chi connectivity index (χ3n) is 11.6. The molecule has 0 saturated heterocycles. The monoisotopic (exact) mass is 746 g/mol. The SMILES string of the molecule is Cc1ccccc1N(c1ccccc1)C1C=CC(c2ccc(N(c3ccc(O)cc3)c3ccc(-c4ccc5c6ccccc6c6ccccc6c5c4)cc3)cc2)=CC1. The van der Waals surface area contributed by atoms with Gasteiger partial charge in [-0.3, -0.25) is 0 Å². The minimum atomic E-state index is 0.202. The smallest absolute Gasteiger partial charge is 0.115 e. The molecule has 3 heteroatoms. The first-order chi connectivity index (χ1) is 28.6. The summed E-state index contributed by atoms with van der Waals surface area (Å²) in [6.45, 7) is 2.18. The van der Waals surface area contributed by atoms with E-state index in [9.17, 15) is 5.11 Å². The predicted molar refractivity (Wildman–Crippen MR) is 246 cm³/mol. The predicted octanol–water partition coefficient (Wildman–Crippen LogP) is 14.8. The molecule has 1 aliphatic rings. The van der Waals surface area contributed by atoms with E-state index in [0.29, 0.717) is 0 Å². The van der Waals surface area contributed by atoms with Gasteiger partial charge < -0.3 is 14.9 Å². The molecule has 10 rings (SSSR count). The standard InChI is InChI=1S/C55H42N2O/c1-38-11-5-10-18-55(38)57(43-12-3-2-4-13-43)47-30-21-40(22-31-47)39-19-26-44(27-20-39)56(46-32-34-48(58)35-33-46)45-28-23-41(24-29-45)42-25-36-53-51-16-7-6-14-49(51)50-15-8-9-17-52(50)54(53)37-42/h2-30,32-37,47,58H,31H2,1H3. The van der Waals surface area contributed by atoms with Crippen molar-refractivity contribution >= 4 is 66.3 Å². The van der Waals surface area contributed by atoms with Crippen LogP contribution in [0.15, 0.2) is 212 Å². The summed E-state index contributed by atoms with van der Waals surface area (Å²) in [5.74, 6) is 0.244. The molecule has 278 valence electrons. The van der Waals surface area contributed by atoms with Crippen LogP contribution in [0.4, 0.5) is 28.4 Å². The van der Waals surface area contributed by atoms with Gasteiger partial charge in [-0.2, -0.15) is 0 Å². The van der Waals surface area contributed by atoms with Gasteiger partial charge in [-0.15, -0.1) is 0 Å². The van der Waals surface area contributed by atoms with Crippen molar-refractivity contribution in [3.8, 4) is 16.9 Å². The van der Waals surface area contributed by atoms with E-state index in [4.69, 9.17) is 0 Å². The molecule has 1 aliphatic carbocycles. The second kappa shape index (κ2) is 14.9. The second-order valence-corrected chi connectivity index (χ2v) is 15.1. The van der Waals surface area contributed by atoms with Crippen molar-refractivity contribution in [2.24, 2.45) is 0 Å². The van der Waals surface area contributed by atoms with E-state index in [1.54, 1.807) is 12.1 Å². The van der Waals surface area contributed by atoms with E-state index in [-0.39, 0.29) is 11.8 Å². The first kappa shape index (κ1) is 35.1. The van der Waals surface area contributed by atoms with Crippen molar-refractivity contribution in [2.75, 3.05) is 9.80 Å². The third-order valence-corrected chi connectivity index (χ3v) is 11.6. The number of allylic oxidation sites excluding steroid dienone is 2. The van der Waals surface area contributed by atoms with Crippen molar-refractivity contribution in [3.05, 3.63) is 223 Å². The highest BCUT2D eigenvalue weighted by atomic mass is 16.3. The zero-order valence-corrected chi connectivity index (χ0v) is 32.3. The largest absolute Gasteiger partial charge is 0.508 e. The number of phenolic OH excluding ortho intramolecular Hbond substituents is 1. The summed E-state index contributed by atoms with van der Waals surface area (Å²) in [4.78, 5) is 4.70. The maximum Gasteiger partial charge on any atom is 0.115 e. The number of hydrogen-bond donors (Lipinski definition) is 1. The van der Waals surface area contributed by atoms with Gasteiger partial charge in [0.05, 0.1) is 6.04 Å². The van der Waals surface area contributed by atoms with Crippen LogP contribution in [0.2, 0.25) is 0 Å². The Morgan fingerprint density at radius 1 is 0.448 bits per heavy atom. The number of nitrogens with zero attached hydrogens (tertiary/aromatic N) is 2. The summed E-state index contributed by atoms with van der Waals surface area (Å²) in [5.41, 5.74) is 11.5. The molecule has 0 heterocycles. The van der Waals surface area contributed by atoms with E-state index < -0.39 is 0 Å². The first-order valence-corrected chi connectivity index (χ1v) is 20.0. The summed E-state index contributed by atoms with van der Waals surface area (Å²) in [6, 6.07) is 68.9. The van der Waals surface area contributed by atoms with Gasteiger partial charge in [0.1, 0.15) is 5.75 Å². The Kier molecular flexibility index (Phi) is 9.04. The molecule has 0 amide bonds. The van der Waals surface area contributed by atoms with Crippen LogP contribution < -0.4 is 9.80 Å². The van der Waals surface area contributed by atoms with Gasteiger partial charge in [0.25, 0.3) is 0 Å². The molecule has 3 nitrogen and oxygen atoms in total. The number of fused-ring (bicyclic) bond motifs is 6. The molecule has 1 N–H and O–H groups in total. The molecule has 0 fully saturated rings. The van der Waals surface area contributed by atoms with Gasteiger partial charge in [0.15, 0.2) is 0 Å². The molecular weight excluding hydrogens is 705 g/mol. The molecule has 0 aliphatic heterocycles. The van der Waals surface area contributed by atoms with Gasteiger partial charge in [0.2, 0.25) is 0 Å². The van der Waals surface area contributed by atoms with Crippen LogP contribution in [-0.4, -0.2) is 11.1 Å². The van der Waals surface area contributed by atoms with E-state index >= 15 is 0 Å². The van der Waals surface area contributed by atoms with Crippen LogP contribution in [0.25, 0.3) is 49.0 Å². The number of anilines is 5. The number of para-hydroxylation sites is 2. The summed E-state index contributed by atoms with van der Waals surface area (Å²) in [7, 11) is 0. The van der Waals surface area contributed by atoms with E-state index in [0.717, 1.165) is 29.0 Å². The van der Waals surface area contributed by atoms with Crippen molar-refractivity contribution in [3.63, 3.8) is 0 Å². The van der Waals surface area contributed by atoms with E-state index in [1.807, 2.05) is 12.1 Å². The Bertz CT molecular complexity index is 2950. The third kappa shape index (κ3) is 6.47. The summed E-state index contributed by atoms with van der Waals surface area (Å²) >= 11 is 0. The summed E-state index contributed by atoms with van der Waals surface area (Å²) < 4.78 is 0. The average Bonchev–Trinajstić information content (AvgIpc) is 3.29. The number of phenols is 1. The normalized spacial score (nSPS) is 13.8. The number of rotatable bonds is 8. The van der Waals surface area contributed by atoms with Crippen LogP contribution in [0.3, 0.4) is 0 Å². The van der Waals surface area contributed by atoms with Crippen molar-refractivity contribution in [1.82, 2.24) is 0 Å². The summed E-state index contributed by atoms with van der Waals surface area (Å²) in [6.07, 6.45) is 7.87. The maximum atomic E-state index is 10.2. The number of benzene rings is 9. The lowest BCUT2D eigenvalue weighted by molar-refractivity contribution is 0.475. The number of aromatic hydroxyl groups is 1. The zero-order chi connectivity index (χ0) is 39.0. The van der Waals surface area contributed by atoms with Gasteiger partial charge in [-0.1, -0.05) is 140 Å². The summed E-state index contributed by atoms with van der Waals surface area (Å²) in [5, 5.41) is 17.8. The Hall–Kier alpha value is -7.36. The lowest BCUT2D eigenvalue weighted by Crippen LogP contribution is -2.30. The fourth-order valence-electron chi connectivity index (χ4n) is 8.69. The lowest BCUT2D eigenvalue weighted by Gasteiger charge is -2.34. The second-order valence-electron chi connectivity index (χ2n) is 15.1. The Morgan fingerprint density at radius 3 is 1.53 bits per heavy atom. The molecule has 58 heavy (non-hydrogen) atoms. The maximum absolute atomic E-state index is 10.2. The molecule has 1 atom stereocenters. The van der Waals surface area contributed by atoms with Crippen molar-refractivity contribution in [2.45, 2.75) is 19.4 Å². The molecule has 0 saturated carbocycles. The molecule has 0 bridgehead atoms. The van der Waals surface area contributed by atoms with Crippen LogP contribution in [0.5, 0.6) is 5.75 Å². The lowest BCUT2D eigenvalue weighted by atomic mass is 9.92. The zero-order valence-electron chi connectivity index (χ0n) is 32.3. The van der Waals surface area contributed by atoms with Gasteiger partial charge in [0, 0.05) is 28.4 Å². The van der Waals surface area contributed by atoms with E-state index in [1.165, 1.54) is 66.0 Å². The highest BCUT2D eigenvalue weighted by Crippen LogP contribution is 2.40. The molecule has 0 spiro atoms. The van der Waals surface area contributed by atoms with Crippen molar-refractivity contribution < 1.29 is 5.11 Å². The highest BCUT2D eigenvalue weighted by Gasteiger charge is 2.22. The molecule has 9 aromatic carbocycles. The van der Waals surface area contributed by atoms with E-state index in [2.05, 4.69) is 205 Å². The van der Waals surface area contributed by atoms with Crippen LogP contribution >= 0.6 is 0 Å². The van der Waals surface area contributed by atoms with Crippen molar-refractivity contribution in [1.29, 1.82) is 0 Å². The minimum absolute atomic E-state index is 0.202. The number of aryl methyl sites for hydroxylation is 1. The molecular formula is C55H42N2O. The topological polar surface area (TPSA) is 26.7 Å². The van der Waals surface area contributed by atoms with Gasteiger partial charge >= 0.3 is 0 Å². The van der Waals surface area contributed by atoms with Crippen LogP contribution in [-0.2, 0) is 0 Å². The minimum Gasteiger partial charge on any atom is -0.508 e. The first-order valence-electron chi connectivity index (χ1n) is 20.0.